The first-order chi connectivity index (χ1) is 10.1. The molecule has 1 aliphatic heterocycles. The number of hydrogen-bond donors (Lipinski definition) is 3. The molecule has 1 atom stereocenters. The molecule has 1 fully saturated rings. The van der Waals surface area contributed by atoms with Crippen LogP contribution in [0.1, 0.15) is 20.3 Å². The summed E-state index contributed by atoms with van der Waals surface area (Å²) in [5, 5.41) is 6.39. The van der Waals surface area contributed by atoms with E-state index in [0.717, 1.165) is 38.3 Å². The number of nitrogens with zero attached hydrogens (tertiary/aromatic N) is 1. The van der Waals surface area contributed by atoms with Gasteiger partial charge in [0.05, 0.1) is 6.04 Å². The predicted octanol–water partition coefficient (Wildman–Crippen LogP) is 1.53. The fourth-order valence-corrected chi connectivity index (χ4v) is 2.82. The van der Waals surface area contributed by atoms with Crippen LogP contribution in [0.5, 0.6) is 0 Å². The molecule has 1 unspecified atom stereocenters. The van der Waals surface area contributed by atoms with Crippen LogP contribution in [0.15, 0.2) is 24.3 Å². The quantitative estimate of drug-likeness (QED) is 0.736. The van der Waals surface area contributed by atoms with Crippen molar-refractivity contribution in [3.8, 4) is 0 Å². The van der Waals surface area contributed by atoms with Gasteiger partial charge in [-0.1, -0.05) is 13.8 Å². The van der Waals surface area contributed by atoms with E-state index in [1.165, 1.54) is 0 Å². The zero-order chi connectivity index (χ0) is 15.2. The van der Waals surface area contributed by atoms with Gasteiger partial charge in [-0.25, -0.2) is 0 Å². The van der Waals surface area contributed by atoms with Gasteiger partial charge < -0.3 is 16.4 Å². The Morgan fingerprint density at radius 3 is 2.62 bits per heavy atom. The number of carbonyl (C=O) groups excluding carboxylic acids is 1. The van der Waals surface area contributed by atoms with Crippen LogP contribution in [0.4, 0.5) is 11.4 Å². The molecule has 2 rings (SSSR count). The van der Waals surface area contributed by atoms with E-state index in [1.54, 1.807) is 12.1 Å². The minimum absolute atomic E-state index is 0.0664. The zero-order valence-electron chi connectivity index (χ0n) is 12.9. The van der Waals surface area contributed by atoms with Crippen molar-refractivity contribution in [1.29, 1.82) is 0 Å². The van der Waals surface area contributed by atoms with Gasteiger partial charge >= 0.3 is 0 Å². The lowest BCUT2D eigenvalue weighted by atomic mass is 10.0. The van der Waals surface area contributed by atoms with E-state index in [4.69, 9.17) is 5.73 Å². The summed E-state index contributed by atoms with van der Waals surface area (Å²) in [6.45, 7) is 8.05. The van der Waals surface area contributed by atoms with Crippen LogP contribution in [0.25, 0.3) is 0 Å². The van der Waals surface area contributed by atoms with Crippen molar-refractivity contribution in [2.45, 2.75) is 26.3 Å². The van der Waals surface area contributed by atoms with Crippen molar-refractivity contribution < 1.29 is 4.79 Å². The maximum absolute atomic E-state index is 12.6. The van der Waals surface area contributed by atoms with Crippen molar-refractivity contribution in [2.75, 3.05) is 37.2 Å². The van der Waals surface area contributed by atoms with Crippen molar-refractivity contribution in [2.24, 2.45) is 5.92 Å². The van der Waals surface area contributed by atoms with Crippen LogP contribution in [-0.2, 0) is 4.79 Å². The Morgan fingerprint density at radius 2 is 1.95 bits per heavy atom. The Morgan fingerprint density at radius 1 is 1.24 bits per heavy atom. The minimum Gasteiger partial charge on any atom is -0.399 e. The highest BCUT2D eigenvalue weighted by molar-refractivity contribution is 5.95. The lowest BCUT2D eigenvalue weighted by molar-refractivity contribution is -0.122. The number of nitrogens with two attached hydrogens (primary N) is 1. The van der Waals surface area contributed by atoms with Crippen LogP contribution in [0.2, 0.25) is 0 Å². The number of nitrogens with one attached hydrogen (secondary N) is 2. The first kappa shape index (κ1) is 15.8. The van der Waals surface area contributed by atoms with Crippen molar-refractivity contribution in [3.63, 3.8) is 0 Å². The second-order valence-corrected chi connectivity index (χ2v) is 5.94. The Labute approximate surface area is 126 Å². The van der Waals surface area contributed by atoms with Gasteiger partial charge in [-0.15, -0.1) is 0 Å². The smallest absolute Gasteiger partial charge is 0.241 e. The summed E-state index contributed by atoms with van der Waals surface area (Å²) in [4.78, 5) is 14.9. The van der Waals surface area contributed by atoms with Gasteiger partial charge in [0.15, 0.2) is 0 Å². The Kier molecular flexibility index (Phi) is 5.59. The van der Waals surface area contributed by atoms with Gasteiger partial charge in [-0.3, -0.25) is 9.69 Å². The third-order valence-corrected chi connectivity index (χ3v) is 3.85. The molecule has 0 saturated carbocycles. The lowest BCUT2D eigenvalue weighted by Gasteiger charge is -2.32. The average Bonchev–Trinajstić information content (AvgIpc) is 2.70. The molecule has 116 valence electrons. The maximum atomic E-state index is 12.6. The normalized spacial score (nSPS) is 18.2. The summed E-state index contributed by atoms with van der Waals surface area (Å²) < 4.78 is 0. The van der Waals surface area contributed by atoms with E-state index in [2.05, 4.69) is 29.4 Å². The second kappa shape index (κ2) is 7.43. The molecule has 21 heavy (non-hydrogen) atoms. The highest BCUT2D eigenvalue weighted by Crippen LogP contribution is 2.16. The molecule has 0 aliphatic carbocycles. The number of nitrogen functional groups attached to an aromatic ring is 1. The van der Waals surface area contributed by atoms with Crippen molar-refractivity contribution in [1.82, 2.24) is 10.2 Å². The van der Waals surface area contributed by atoms with E-state index < -0.39 is 0 Å². The molecule has 1 amide bonds. The largest absolute Gasteiger partial charge is 0.399 e. The number of benzene rings is 1. The molecule has 0 radical (unpaired) electrons. The van der Waals surface area contributed by atoms with Gasteiger partial charge in [-0.05, 0) is 43.1 Å². The molecule has 0 spiro atoms. The van der Waals surface area contributed by atoms with Crippen LogP contribution in [0, 0.1) is 5.92 Å². The zero-order valence-corrected chi connectivity index (χ0v) is 12.9. The fraction of sp³-hybridized carbons (Fsp3) is 0.562. The van der Waals surface area contributed by atoms with Crippen LogP contribution in [-0.4, -0.2) is 43.0 Å². The molecule has 1 aliphatic rings. The SMILES string of the molecule is CC(C)C(C(=O)Nc1ccc(N)cc1)N1CCCNCC1. The Bertz CT molecular complexity index is 450. The Hall–Kier alpha value is -1.59. The molecule has 1 saturated heterocycles. The standard InChI is InChI=1S/C16H26N4O/c1-12(2)15(20-10-3-8-18-9-11-20)16(21)19-14-6-4-13(17)5-7-14/h4-7,12,15,18H,3,8-11,17H2,1-2H3,(H,19,21). The average molecular weight is 290 g/mol. The van der Waals surface area contributed by atoms with Crippen molar-refractivity contribution >= 4 is 17.3 Å². The molecule has 1 aromatic rings. The topological polar surface area (TPSA) is 70.4 Å². The Balaban J connectivity index is 2.06. The first-order valence-corrected chi connectivity index (χ1v) is 7.69. The third-order valence-electron chi connectivity index (χ3n) is 3.85. The number of amides is 1. The molecule has 4 N–H and O–H groups in total. The van der Waals surface area contributed by atoms with Crippen LogP contribution < -0.4 is 16.4 Å². The van der Waals surface area contributed by atoms with Crippen molar-refractivity contribution in [3.05, 3.63) is 24.3 Å². The summed E-state index contributed by atoms with van der Waals surface area (Å²) in [7, 11) is 0. The van der Waals surface area contributed by atoms with Gasteiger partial charge in [-0.2, -0.15) is 0 Å². The van der Waals surface area contributed by atoms with Gasteiger partial charge in [0.1, 0.15) is 0 Å². The van der Waals surface area contributed by atoms with Crippen LogP contribution >= 0.6 is 0 Å². The van der Waals surface area contributed by atoms with Crippen LogP contribution in [0.3, 0.4) is 0 Å². The second-order valence-electron chi connectivity index (χ2n) is 5.94. The molecule has 0 bridgehead atoms. The number of anilines is 2. The molecule has 5 heteroatoms. The summed E-state index contributed by atoms with van der Waals surface area (Å²) in [6.07, 6.45) is 1.08. The third kappa shape index (κ3) is 4.44. The van der Waals surface area contributed by atoms with E-state index in [1.807, 2.05) is 12.1 Å². The molecular formula is C16H26N4O. The number of hydrogen-bond acceptors (Lipinski definition) is 4. The van der Waals surface area contributed by atoms with Gasteiger partial charge in [0.25, 0.3) is 0 Å². The summed E-state index contributed by atoms with van der Waals surface area (Å²) >= 11 is 0. The highest BCUT2D eigenvalue weighted by atomic mass is 16.2. The first-order valence-electron chi connectivity index (χ1n) is 7.69. The van der Waals surface area contributed by atoms with E-state index in [9.17, 15) is 4.79 Å². The number of carbonyl (C=O) groups is 1. The van der Waals surface area contributed by atoms with E-state index >= 15 is 0 Å². The minimum atomic E-state index is -0.0950. The van der Waals surface area contributed by atoms with E-state index in [-0.39, 0.29) is 17.9 Å². The van der Waals surface area contributed by atoms with Gasteiger partial charge in [0, 0.05) is 31.0 Å². The molecule has 1 heterocycles. The summed E-state index contributed by atoms with van der Waals surface area (Å²) in [5.74, 6) is 0.341. The maximum Gasteiger partial charge on any atom is 0.241 e. The van der Waals surface area contributed by atoms with Gasteiger partial charge in [0.2, 0.25) is 5.91 Å². The fourth-order valence-electron chi connectivity index (χ4n) is 2.82. The number of rotatable bonds is 4. The molecule has 5 nitrogen and oxygen atoms in total. The molecular weight excluding hydrogens is 264 g/mol. The summed E-state index contributed by atoms with van der Waals surface area (Å²) in [6, 6.07) is 7.19. The lowest BCUT2D eigenvalue weighted by Crippen LogP contribution is -2.48. The predicted molar refractivity (Wildman–Crippen MR) is 87.2 cm³/mol. The highest BCUT2D eigenvalue weighted by Gasteiger charge is 2.29. The molecule has 0 aromatic heterocycles. The molecule has 1 aromatic carbocycles. The monoisotopic (exact) mass is 290 g/mol. The summed E-state index contributed by atoms with van der Waals surface area (Å²) in [5.41, 5.74) is 7.17. The van der Waals surface area contributed by atoms with E-state index in [0.29, 0.717) is 5.69 Å².